The third kappa shape index (κ3) is 3.29. The summed E-state index contributed by atoms with van der Waals surface area (Å²) in [6.45, 7) is 7.60. The molecule has 0 aliphatic heterocycles. The molecule has 0 heterocycles. The van der Waals surface area contributed by atoms with Gasteiger partial charge in [-0.2, -0.15) is 0 Å². The highest BCUT2D eigenvalue weighted by Crippen LogP contribution is 2.24. The zero-order chi connectivity index (χ0) is 14.4. The fourth-order valence-corrected chi connectivity index (χ4v) is 2.78. The lowest BCUT2D eigenvalue weighted by Crippen LogP contribution is -2.22. The SMILES string of the molecule is CCNC(c1ccccc1)c1ccc(CC)c(CC)c1. The van der Waals surface area contributed by atoms with E-state index < -0.39 is 0 Å². The molecule has 1 unspecified atom stereocenters. The van der Waals surface area contributed by atoms with Gasteiger partial charge in [0.15, 0.2) is 0 Å². The Morgan fingerprint density at radius 2 is 1.50 bits per heavy atom. The monoisotopic (exact) mass is 267 g/mol. The first kappa shape index (κ1) is 14.8. The van der Waals surface area contributed by atoms with Gasteiger partial charge in [-0.05, 0) is 41.6 Å². The van der Waals surface area contributed by atoms with Gasteiger partial charge in [-0.15, -0.1) is 0 Å². The molecular formula is C19H25N. The highest BCUT2D eigenvalue weighted by Gasteiger charge is 2.13. The van der Waals surface area contributed by atoms with Crippen LogP contribution in [-0.2, 0) is 12.8 Å². The van der Waals surface area contributed by atoms with Crippen LogP contribution in [-0.4, -0.2) is 6.54 Å². The van der Waals surface area contributed by atoms with Crippen molar-refractivity contribution < 1.29 is 0 Å². The molecule has 20 heavy (non-hydrogen) atoms. The number of hydrogen-bond donors (Lipinski definition) is 1. The molecule has 1 heteroatoms. The molecule has 1 atom stereocenters. The maximum Gasteiger partial charge on any atom is 0.0576 e. The van der Waals surface area contributed by atoms with Gasteiger partial charge in [0.1, 0.15) is 0 Å². The van der Waals surface area contributed by atoms with Crippen LogP contribution in [0.5, 0.6) is 0 Å². The van der Waals surface area contributed by atoms with Crippen LogP contribution in [0.2, 0.25) is 0 Å². The van der Waals surface area contributed by atoms with Crippen LogP contribution >= 0.6 is 0 Å². The fourth-order valence-electron chi connectivity index (χ4n) is 2.78. The third-order valence-electron chi connectivity index (χ3n) is 3.87. The van der Waals surface area contributed by atoms with Crippen molar-refractivity contribution in [2.24, 2.45) is 0 Å². The maximum atomic E-state index is 3.60. The molecule has 0 spiro atoms. The van der Waals surface area contributed by atoms with Crippen molar-refractivity contribution in [3.05, 3.63) is 70.8 Å². The number of nitrogens with one attached hydrogen (secondary N) is 1. The molecule has 0 aliphatic rings. The van der Waals surface area contributed by atoms with Gasteiger partial charge in [0.05, 0.1) is 6.04 Å². The molecule has 0 amide bonds. The van der Waals surface area contributed by atoms with E-state index in [0.29, 0.717) is 0 Å². The summed E-state index contributed by atoms with van der Waals surface area (Å²) in [6, 6.07) is 17.9. The molecule has 106 valence electrons. The summed E-state index contributed by atoms with van der Waals surface area (Å²) in [4.78, 5) is 0. The maximum absolute atomic E-state index is 3.60. The zero-order valence-corrected chi connectivity index (χ0v) is 12.8. The molecular weight excluding hydrogens is 242 g/mol. The summed E-state index contributed by atoms with van der Waals surface area (Å²) in [5, 5.41) is 3.60. The van der Waals surface area contributed by atoms with Gasteiger partial charge in [-0.1, -0.05) is 69.3 Å². The second-order valence-corrected chi connectivity index (χ2v) is 5.14. The molecule has 0 bridgehead atoms. The van der Waals surface area contributed by atoms with Crippen molar-refractivity contribution in [1.82, 2.24) is 5.32 Å². The summed E-state index contributed by atoms with van der Waals surface area (Å²) >= 11 is 0. The molecule has 2 aromatic rings. The van der Waals surface area contributed by atoms with E-state index in [9.17, 15) is 0 Å². The van der Waals surface area contributed by atoms with E-state index in [1.54, 1.807) is 0 Å². The highest BCUT2D eigenvalue weighted by atomic mass is 14.9. The van der Waals surface area contributed by atoms with E-state index in [0.717, 1.165) is 19.4 Å². The van der Waals surface area contributed by atoms with Crippen molar-refractivity contribution in [3.63, 3.8) is 0 Å². The fraction of sp³-hybridized carbons (Fsp3) is 0.368. The van der Waals surface area contributed by atoms with E-state index in [2.05, 4.69) is 74.6 Å². The van der Waals surface area contributed by atoms with E-state index in [-0.39, 0.29) is 6.04 Å². The topological polar surface area (TPSA) is 12.0 Å². The van der Waals surface area contributed by atoms with Crippen molar-refractivity contribution >= 4 is 0 Å². The first-order valence-corrected chi connectivity index (χ1v) is 7.70. The number of aryl methyl sites for hydroxylation is 2. The smallest absolute Gasteiger partial charge is 0.0576 e. The molecule has 0 saturated carbocycles. The summed E-state index contributed by atoms with van der Waals surface area (Å²) in [7, 11) is 0. The minimum Gasteiger partial charge on any atom is -0.307 e. The van der Waals surface area contributed by atoms with Gasteiger partial charge in [-0.25, -0.2) is 0 Å². The molecule has 2 aromatic carbocycles. The predicted molar refractivity (Wildman–Crippen MR) is 87.2 cm³/mol. The largest absolute Gasteiger partial charge is 0.307 e. The summed E-state index contributed by atoms with van der Waals surface area (Å²) in [5.74, 6) is 0. The summed E-state index contributed by atoms with van der Waals surface area (Å²) in [5.41, 5.74) is 5.65. The van der Waals surface area contributed by atoms with Gasteiger partial charge >= 0.3 is 0 Å². The number of benzene rings is 2. The molecule has 0 fully saturated rings. The first-order chi connectivity index (χ1) is 9.80. The Bertz CT molecular complexity index is 531. The number of rotatable bonds is 6. The van der Waals surface area contributed by atoms with Gasteiger partial charge in [0, 0.05) is 0 Å². The average molecular weight is 267 g/mol. The Morgan fingerprint density at radius 3 is 2.10 bits per heavy atom. The predicted octanol–water partition coefficient (Wildman–Crippen LogP) is 4.51. The Morgan fingerprint density at radius 1 is 0.800 bits per heavy atom. The normalized spacial score (nSPS) is 12.3. The lowest BCUT2D eigenvalue weighted by atomic mass is 9.93. The molecule has 0 radical (unpaired) electrons. The third-order valence-corrected chi connectivity index (χ3v) is 3.87. The molecule has 2 rings (SSSR count). The minimum absolute atomic E-state index is 0.289. The lowest BCUT2D eigenvalue weighted by Gasteiger charge is -2.20. The van der Waals surface area contributed by atoms with Gasteiger partial charge in [0.2, 0.25) is 0 Å². The molecule has 0 aromatic heterocycles. The average Bonchev–Trinajstić information content (AvgIpc) is 2.52. The zero-order valence-electron chi connectivity index (χ0n) is 12.8. The summed E-state index contributed by atoms with van der Waals surface area (Å²) < 4.78 is 0. The van der Waals surface area contributed by atoms with Gasteiger partial charge in [-0.3, -0.25) is 0 Å². The Balaban J connectivity index is 2.39. The second-order valence-electron chi connectivity index (χ2n) is 5.14. The minimum atomic E-state index is 0.289. The van der Waals surface area contributed by atoms with Gasteiger partial charge < -0.3 is 5.32 Å². The second kappa shape index (κ2) is 7.25. The van der Waals surface area contributed by atoms with Crippen molar-refractivity contribution in [3.8, 4) is 0 Å². The molecule has 1 nitrogen and oxygen atoms in total. The van der Waals surface area contributed by atoms with Crippen LogP contribution in [0.1, 0.15) is 49.1 Å². The lowest BCUT2D eigenvalue weighted by molar-refractivity contribution is 0.629. The van der Waals surface area contributed by atoms with E-state index in [1.807, 2.05) is 0 Å². The van der Waals surface area contributed by atoms with Crippen molar-refractivity contribution in [2.45, 2.75) is 39.7 Å². The van der Waals surface area contributed by atoms with Crippen LogP contribution < -0.4 is 5.32 Å². The van der Waals surface area contributed by atoms with Crippen molar-refractivity contribution in [2.75, 3.05) is 6.54 Å². The standard InChI is InChI=1S/C19H25N/c1-4-15-12-13-18(14-16(15)5-2)19(20-6-3)17-10-8-7-9-11-17/h7-14,19-20H,4-6H2,1-3H3. The molecule has 1 N–H and O–H groups in total. The van der Waals surface area contributed by atoms with Gasteiger partial charge in [0.25, 0.3) is 0 Å². The van der Waals surface area contributed by atoms with E-state index >= 15 is 0 Å². The summed E-state index contributed by atoms with van der Waals surface area (Å²) in [6.07, 6.45) is 2.21. The highest BCUT2D eigenvalue weighted by molar-refractivity contribution is 5.38. The Kier molecular flexibility index (Phi) is 5.37. The van der Waals surface area contributed by atoms with Crippen LogP contribution in [0.3, 0.4) is 0 Å². The first-order valence-electron chi connectivity index (χ1n) is 7.70. The van der Waals surface area contributed by atoms with E-state index in [4.69, 9.17) is 0 Å². The number of hydrogen-bond acceptors (Lipinski definition) is 1. The quantitative estimate of drug-likeness (QED) is 0.812. The van der Waals surface area contributed by atoms with Crippen molar-refractivity contribution in [1.29, 1.82) is 0 Å². The van der Waals surface area contributed by atoms with Crippen LogP contribution in [0, 0.1) is 0 Å². The van der Waals surface area contributed by atoms with Crippen LogP contribution in [0.15, 0.2) is 48.5 Å². The van der Waals surface area contributed by atoms with E-state index in [1.165, 1.54) is 22.3 Å². The Hall–Kier alpha value is -1.60. The Labute approximate surface area is 123 Å². The molecule has 0 saturated heterocycles. The molecule has 0 aliphatic carbocycles. The van der Waals surface area contributed by atoms with Crippen LogP contribution in [0.25, 0.3) is 0 Å². The van der Waals surface area contributed by atoms with Crippen LogP contribution in [0.4, 0.5) is 0 Å².